The number of benzene rings is 3. The summed E-state index contributed by atoms with van der Waals surface area (Å²) in [5.74, 6) is 1.63. The molecule has 0 aliphatic heterocycles. The summed E-state index contributed by atoms with van der Waals surface area (Å²) in [6.45, 7) is 1.67. The van der Waals surface area contributed by atoms with Crippen molar-refractivity contribution in [2.45, 2.75) is 6.92 Å². The Morgan fingerprint density at radius 1 is 1.03 bits per heavy atom. The van der Waals surface area contributed by atoms with E-state index in [0.29, 0.717) is 48.4 Å². The van der Waals surface area contributed by atoms with E-state index in [1.165, 1.54) is 7.11 Å². The summed E-state index contributed by atoms with van der Waals surface area (Å²) in [7, 11) is 4.61. The molecule has 0 saturated carbocycles. The summed E-state index contributed by atoms with van der Waals surface area (Å²) in [6, 6.07) is 16.4. The number of nitriles is 1. The first kappa shape index (κ1) is 27.2. The number of carbonyl (C=O) groups is 1. The highest BCUT2D eigenvalue weighted by atomic mass is 127. The fourth-order valence-corrected chi connectivity index (χ4v) is 4.28. The molecule has 3 aromatic carbocycles. The highest BCUT2D eigenvalue weighted by molar-refractivity contribution is 14.1. The van der Waals surface area contributed by atoms with Crippen molar-refractivity contribution in [2.75, 3.05) is 33.3 Å². The number of allylic oxidation sites excluding steroid dienone is 1. The molecular formula is C27H24ClIN2O5. The molecule has 1 N–H and O–H groups in total. The zero-order valence-electron chi connectivity index (χ0n) is 20.1. The lowest BCUT2D eigenvalue weighted by Crippen LogP contribution is -2.20. The van der Waals surface area contributed by atoms with E-state index in [2.05, 4.69) is 34.0 Å². The minimum atomic E-state index is -0.336. The van der Waals surface area contributed by atoms with Crippen LogP contribution in [0.3, 0.4) is 0 Å². The van der Waals surface area contributed by atoms with Crippen LogP contribution >= 0.6 is 34.2 Å². The van der Waals surface area contributed by atoms with Crippen LogP contribution in [0, 0.1) is 21.8 Å². The van der Waals surface area contributed by atoms with E-state index < -0.39 is 0 Å². The lowest BCUT2D eigenvalue weighted by atomic mass is 10.0. The summed E-state index contributed by atoms with van der Waals surface area (Å²) < 4.78 is 22.6. The second kappa shape index (κ2) is 12.5. The van der Waals surface area contributed by atoms with Crippen molar-refractivity contribution in [1.29, 1.82) is 5.26 Å². The van der Waals surface area contributed by atoms with Gasteiger partial charge in [-0.05, 0) is 94.7 Å². The number of nitrogens with zero attached hydrogens (tertiary/aromatic N) is 1. The fraction of sp³-hybridized carbons (Fsp3) is 0.185. The van der Waals surface area contributed by atoms with Crippen molar-refractivity contribution < 1.29 is 23.7 Å². The number of ether oxygens (including phenoxy) is 4. The average Bonchev–Trinajstić information content (AvgIpc) is 2.88. The highest BCUT2D eigenvalue weighted by Gasteiger charge is 2.15. The molecule has 9 heteroatoms. The van der Waals surface area contributed by atoms with Gasteiger partial charge < -0.3 is 24.3 Å². The molecule has 0 heterocycles. The molecule has 0 aliphatic rings. The number of methoxy groups -OCH3 is 3. The second-order valence-corrected chi connectivity index (χ2v) is 9.14. The molecule has 36 heavy (non-hydrogen) atoms. The van der Waals surface area contributed by atoms with Gasteiger partial charge in [0.25, 0.3) is 5.91 Å². The predicted octanol–water partition coefficient (Wildman–Crippen LogP) is 6.36. The summed E-state index contributed by atoms with van der Waals surface area (Å²) in [5.41, 5.74) is 3.34. The van der Waals surface area contributed by atoms with E-state index in [9.17, 15) is 10.1 Å². The molecule has 0 unspecified atom stereocenters. The van der Waals surface area contributed by atoms with Crippen molar-refractivity contribution in [3.63, 3.8) is 0 Å². The third-order valence-electron chi connectivity index (χ3n) is 5.18. The smallest absolute Gasteiger partial charge is 0.262 e. The number of carbonyl (C=O) groups excluding carboxylic acids is 1. The van der Waals surface area contributed by atoms with Gasteiger partial charge in [-0.3, -0.25) is 4.79 Å². The molecule has 0 saturated heterocycles. The van der Waals surface area contributed by atoms with Crippen LogP contribution in [0.15, 0.2) is 48.5 Å². The molecular weight excluding hydrogens is 595 g/mol. The van der Waals surface area contributed by atoms with Crippen molar-refractivity contribution in [2.24, 2.45) is 0 Å². The molecule has 7 nitrogen and oxygen atoms in total. The molecule has 186 valence electrons. The monoisotopic (exact) mass is 618 g/mol. The summed E-state index contributed by atoms with van der Waals surface area (Å²) in [6.07, 6.45) is 1.74. The number of aryl methyl sites for hydroxylation is 1. The van der Waals surface area contributed by atoms with Crippen LogP contribution in [-0.2, 0) is 4.79 Å². The molecule has 0 atom stereocenters. The number of nitrogens with one attached hydrogen (secondary N) is 1. The molecule has 0 aromatic heterocycles. The minimum absolute atomic E-state index is 0.220. The van der Waals surface area contributed by atoms with E-state index >= 15 is 0 Å². The molecule has 0 spiro atoms. The fourth-order valence-electron chi connectivity index (χ4n) is 3.32. The van der Waals surface area contributed by atoms with Gasteiger partial charge in [-0.2, -0.15) is 5.26 Å². The molecule has 0 radical (unpaired) electrons. The van der Waals surface area contributed by atoms with Gasteiger partial charge >= 0.3 is 0 Å². The second-order valence-electron chi connectivity index (χ2n) is 7.57. The first-order valence-corrected chi connectivity index (χ1v) is 12.2. The van der Waals surface area contributed by atoms with Crippen LogP contribution in [0.4, 0.5) is 5.69 Å². The Balaban J connectivity index is 1.80. The van der Waals surface area contributed by atoms with Crippen molar-refractivity contribution in [3.05, 3.63) is 73.8 Å². The zero-order valence-corrected chi connectivity index (χ0v) is 23.1. The van der Waals surface area contributed by atoms with Crippen molar-refractivity contribution in [1.82, 2.24) is 0 Å². The topological polar surface area (TPSA) is 89.8 Å². The van der Waals surface area contributed by atoms with Crippen LogP contribution < -0.4 is 24.3 Å². The van der Waals surface area contributed by atoms with E-state index in [1.807, 2.05) is 19.1 Å². The number of anilines is 1. The van der Waals surface area contributed by atoms with Gasteiger partial charge in [-0.15, -0.1) is 0 Å². The Morgan fingerprint density at radius 3 is 2.39 bits per heavy atom. The SMILES string of the molecule is COc1ccc(/C(C#N)=C/c2cc(I)c(OCC(=O)Nc3ccc(C)c(Cl)c3)c(OC)c2)cc1OC. The van der Waals surface area contributed by atoms with Crippen LogP contribution in [0.2, 0.25) is 5.02 Å². The molecule has 0 aliphatic carbocycles. The van der Waals surface area contributed by atoms with Gasteiger partial charge in [0, 0.05) is 10.7 Å². The number of hydrogen-bond donors (Lipinski definition) is 1. The van der Waals surface area contributed by atoms with Crippen LogP contribution in [0.5, 0.6) is 23.0 Å². The number of hydrogen-bond acceptors (Lipinski definition) is 6. The predicted molar refractivity (Wildman–Crippen MR) is 149 cm³/mol. The first-order valence-electron chi connectivity index (χ1n) is 10.7. The Morgan fingerprint density at radius 2 is 1.75 bits per heavy atom. The maximum atomic E-state index is 12.4. The lowest BCUT2D eigenvalue weighted by Gasteiger charge is -2.14. The normalized spacial score (nSPS) is 10.9. The Labute approximate surface area is 228 Å². The largest absolute Gasteiger partial charge is 0.493 e. The van der Waals surface area contributed by atoms with Gasteiger partial charge in [0.15, 0.2) is 29.6 Å². The van der Waals surface area contributed by atoms with E-state index in [0.717, 1.165) is 11.1 Å². The maximum Gasteiger partial charge on any atom is 0.262 e. The zero-order chi connectivity index (χ0) is 26.2. The Kier molecular flexibility index (Phi) is 9.44. The summed E-state index contributed by atoms with van der Waals surface area (Å²) in [5, 5.41) is 13.1. The van der Waals surface area contributed by atoms with Gasteiger partial charge in [0.2, 0.25) is 0 Å². The van der Waals surface area contributed by atoms with E-state index in [-0.39, 0.29) is 12.5 Å². The standard InChI is InChI=1S/C27H24ClIN2O5/c1-16-5-7-20(13-21(16)28)31-26(32)15-36-27-22(29)10-17(11-25(27)35-4)9-19(14-30)18-6-8-23(33-2)24(12-18)34-3/h5-13H,15H2,1-4H3,(H,31,32)/b19-9+. The number of amides is 1. The highest BCUT2D eigenvalue weighted by Crippen LogP contribution is 2.36. The molecule has 3 rings (SSSR count). The summed E-state index contributed by atoms with van der Waals surface area (Å²) >= 11 is 8.23. The average molecular weight is 619 g/mol. The van der Waals surface area contributed by atoms with Gasteiger partial charge in [-0.25, -0.2) is 0 Å². The van der Waals surface area contributed by atoms with E-state index in [1.54, 1.807) is 56.7 Å². The maximum absolute atomic E-state index is 12.4. The van der Waals surface area contributed by atoms with Gasteiger partial charge in [-0.1, -0.05) is 17.7 Å². The molecule has 3 aromatic rings. The van der Waals surface area contributed by atoms with Crippen molar-refractivity contribution in [3.8, 4) is 29.1 Å². The number of rotatable bonds is 9. The van der Waals surface area contributed by atoms with Crippen LogP contribution in [0.1, 0.15) is 16.7 Å². The quantitative estimate of drug-likeness (QED) is 0.171. The van der Waals surface area contributed by atoms with Gasteiger partial charge in [0.05, 0.1) is 36.5 Å². The minimum Gasteiger partial charge on any atom is -0.493 e. The molecule has 0 bridgehead atoms. The molecule has 1 amide bonds. The van der Waals surface area contributed by atoms with Gasteiger partial charge in [0.1, 0.15) is 0 Å². The van der Waals surface area contributed by atoms with Crippen LogP contribution in [0.25, 0.3) is 11.6 Å². The van der Waals surface area contributed by atoms with Crippen molar-refractivity contribution >= 4 is 57.4 Å². The number of halogens is 2. The van der Waals surface area contributed by atoms with Crippen LogP contribution in [-0.4, -0.2) is 33.8 Å². The first-order chi connectivity index (χ1) is 17.3. The van der Waals surface area contributed by atoms with E-state index in [4.69, 9.17) is 30.5 Å². The Hall–Kier alpha value is -3.42. The summed E-state index contributed by atoms with van der Waals surface area (Å²) in [4.78, 5) is 12.4. The molecule has 0 fully saturated rings. The third kappa shape index (κ3) is 6.62. The third-order valence-corrected chi connectivity index (χ3v) is 6.39. The Bertz CT molecular complexity index is 1350. The lowest BCUT2D eigenvalue weighted by molar-refractivity contribution is -0.118.